The van der Waals surface area contributed by atoms with E-state index in [2.05, 4.69) is 18.7 Å². The zero-order chi connectivity index (χ0) is 14.5. The summed E-state index contributed by atoms with van der Waals surface area (Å²) >= 11 is 0. The average Bonchev–Trinajstić information content (AvgIpc) is 2.91. The molecule has 0 aromatic heterocycles. The van der Waals surface area contributed by atoms with Gasteiger partial charge in [-0.2, -0.15) is 0 Å². The Kier molecular flexibility index (Phi) is 11.4. The molecule has 0 spiro atoms. The van der Waals surface area contributed by atoms with Crippen molar-refractivity contribution in [2.45, 2.75) is 110 Å². The van der Waals surface area contributed by atoms with Crippen molar-refractivity contribution in [3.8, 4) is 0 Å². The van der Waals surface area contributed by atoms with Gasteiger partial charge in [0.05, 0.1) is 0 Å². The highest BCUT2D eigenvalue weighted by Gasteiger charge is 2.22. The molecule has 1 nitrogen and oxygen atoms in total. The first kappa shape index (κ1) is 18.0. The van der Waals surface area contributed by atoms with Crippen LogP contribution >= 0.6 is 0 Å². The molecule has 1 unspecified atom stereocenters. The van der Waals surface area contributed by atoms with Crippen LogP contribution < -0.4 is 0 Å². The van der Waals surface area contributed by atoms with E-state index >= 15 is 0 Å². The number of nitrogens with zero attached hydrogens (tertiary/aromatic N) is 1. The lowest BCUT2D eigenvalue weighted by molar-refractivity contribution is 0.234. The highest BCUT2D eigenvalue weighted by Crippen LogP contribution is 2.22. The smallest absolute Gasteiger partial charge is 0.00957 e. The highest BCUT2D eigenvalue weighted by molar-refractivity contribution is 4.78. The molecule has 0 amide bonds. The number of likely N-dealkylation sites (tertiary alicyclic amines) is 1. The predicted molar refractivity (Wildman–Crippen MR) is 91.3 cm³/mol. The fourth-order valence-electron chi connectivity index (χ4n) is 3.58. The summed E-state index contributed by atoms with van der Waals surface area (Å²) in [4.78, 5) is 2.79. The Morgan fingerprint density at radius 3 is 2.00 bits per heavy atom. The van der Waals surface area contributed by atoms with E-state index in [1.165, 1.54) is 103 Å². The summed E-state index contributed by atoms with van der Waals surface area (Å²) in [6.45, 7) is 7.38. The largest absolute Gasteiger partial charge is 0.300 e. The maximum absolute atomic E-state index is 2.79. The molecule has 1 heteroatoms. The van der Waals surface area contributed by atoms with Crippen LogP contribution in [0.25, 0.3) is 0 Å². The summed E-state index contributed by atoms with van der Waals surface area (Å²) in [5.41, 5.74) is 0. The van der Waals surface area contributed by atoms with Crippen LogP contribution in [0.15, 0.2) is 0 Å². The summed E-state index contributed by atoms with van der Waals surface area (Å²) in [6.07, 6.45) is 20.2. The Labute approximate surface area is 128 Å². The Balaban J connectivity index is 1.90. The summed E-state index contributed by atoms with van der Waals surface area (Å²) < 4.78 is 0. The number of rotatable bonds is 13. The van der Waals surface area contributed by atoms with E-state index in [1.54, 1.807) is 0 Å². The van der Waals surface area contributed by atoms with Crippen molar-refractivity contribution in [2.75, 3.05) is 13.1 Å². The molecule has 0 radical (unpaired) electrons. The Hall–Kier alpha value is -0.0400. The minimum Gasteiger partial charge on any atom is -0.300 e. The third-order valence-corrected chi connectivity index (χ3v) is 4.94. The monoisotopic (exact) mass is 281 g/mol. The second-order valence-electron chi connectivity index (χ2n) is 6.80. The summed E-state index contributed by atoms with van der Waals surface area (Å²) in [5.74, 6) is 0. The van der Waals surface area contributed by atoms with Gasteiger partial charge < -0.3 is 4.90 Å². The SMILES string of the molecule is CCCCCCCCCCCN1CCCC1CCCC. The fourth-order valence-corrected chi connectivity index (χ4v) is 3.58. The van der Waals surface area contributed by atoms with Crippen molar-refractivity contribution in [1.29, 1.82) is 0 Å². The van der Waals surface area contributed by atoms with Crippen LogP contribution in [-0.4, -0.2) is 24.0 Å². The Bertz CT molecular complexity index is 202. The number of hydrogen-bond donors (Lipinski definition) is 0. The first-order chi connectivity index (χ1) is 9.88. The van der Waals surface area contributed by atoms with Crippen molar-refractivity contribution in [3.63, 3.8) is 0 Å². The molecule has 20 heavy (non-hydrogen) atoms. The maximum Gasteiger partial charge on any atom is 0.00957 e. The van der Waals surface area contributed by atoms with Crippen LogP contribution in [0.2, 0.25) is 0 Å². The van der Waals surface area contributed by atoms with Crippen molar-refractivity contribution in [3.05, 3.63) is 0 Å². The molecule has 0 bridgehead atoms. The highest BCUT2D eigenvalue weighted by atomic mass is 15.2. The topological polar surface area (TPSA) is 3.24 Å². The van der Waals surface area contributed by atoms with E-state index < -0.39 is 0 Å². The lowest BCUT2D eigenvalue weighted by Gasteiger charge is -2.24. The van der Waals surface area contributed by atoms with Crippen LogP contribution in [0.3, 0.4) is 0 Å². The van der Waals surface area contributed by atoms with Crippen molar-refractivity contribution in [1.82, 2.24) is 4.90 Å². The van der Waals surface area contributed by atoms with Gasteiger partial charge in [-0.1, -0.05) is 78.1 Å². The molecule has 1 saturated heterocycles. The molecule has 0 aromatic carbocycles. The van der Waals surface area contributed by atoms with E-state index in [0.29, 0.717) is 0 Å². The van der Waals surface area contributed by atoms with E-state index in [1.807, 2.05) is 0 Å². The van der Waals surface area contributed by atoms with Gasteiger partial charge in [-0.05, 0) is 38.8 Å². The Morgan fingerprint density at radius 2 is 1.35 bits per heavy atom. The zero-order valence-electron chi connectivity index (χ0n) is 14.3. The second kappa shape index (κ2) is 12.7. The molecule has 1 aliphatic heterocycles. The van der Waals surface area contributed by atoms with E-state index in [0.717, 1.165) is 6.04 Å². The van der Waals surface area contributed by atoms with E-state index in [4.69, 9.17) is 0 Å². The maximum atomic E-state index is 2.79. The molecule has 1 rings (SSSR count). The molecule has 0 N–H and O–H groups in total. The van der Waals surface area contributed by atoms with Gasteiger partial charge in [0.1, 0.15) is 0 Å². The molecule has 1 heterocycles. The lowest BCUT2D eigenvalue weighted by Crippen LogP contribution is -2.30. The van der Waals surface area contributed by atoms with E-state index in [-0.39, 0.29) is 0 Å². The normalized spacial score (nSPS) is 19.8. The van der Waals surface area contributed by atoms with E-state index in [9.17, 15) is 0 Å². The minimum atomic E-state index is 0.934. The fraction of sp³-hybridized carbons (Fsp3) is 1.00. The quantitative estimate of drug-likeness (QED) is 0.365. The molecule has 0 aromatic rings. The summed E-state index contributed by atoms with van der Waals surface area (Å²) in [7, 11) is 0. The molecule has 0 aliphatic carbocycles. The van der Waals surface area contributed by atoms with Crippen LogP contribution in [-0.2, 0) is 0 Å². The van der Waals surface area contributed by atoms with Gasteiger partial charge in [-0.3, -0.25) is 0 Å². The molecule has 0 saturated carbocycles. The molecule has 1 fully saturated rings. The van der Waals surface area contributed by atoms with Crippen molar-refractivity contribution in [2.24, 2.45) is 0 Å². The molecule has 120 valence electrons. The first-order valence-electron chi connectivity index (χ1n) is 9.62. The average molecular weight is 282 g/mol. The van der Waals surface area contributed by atoms with Crippen LogP contribution in [0.5, 0.6) is 0 Å². The number of hydrogen-bond acceptors (Lipinski definition) is 1. The zero-order valence-corrected chi connectivity index (χ0v) is 14.3. The van der Waals surface area contributed by atoms with Crippen LogP contribution in [0.4, 0.5) is 0 Å². The summed E-state index contributed by atoms with van der Waals surface area (Å²) in [6, 6.07) is 0.934. The molecule has 1 atom stereocenters. The van der Waals surface area contributed by atoms with Gasteiger partial charge in [0.25, 0.3) is 0 Å². The van der Waals surface area contributed by atoms with Crippen LogP contribution in [0.1, 0.15) is 104 Å². The first-order valence-corrected chi connectivity index (χ1v) is 9.62. The van der Waals surface area contributed by atoms with Gasteiger partial charge in [0.15, 0.2) is 0 Å². The molecule has 1 aliphatic rings. The molecular formula is C19H39N. The third kappa shape index (κ3) is 8.29. The number of unbranched alkanes of at least 4 members (excludes halogenated alkanes) is 9. The second-order valence-corrected chi connectivity index (χ2v) is 6.80. The van der Waals surface area contributed by atoms with Gasteiger partial charge in [-0.25, -0.2) is 0 Å². The van der Waals surface area contributed by atoms with Gasteiger partial charge in [-0.15, -0.1) is 0 Å². The molecular weight excluding hydrogens is 242 g/mol. The standard InChI is InChI=1S/C19H39N/c1-3-5-7-8-9-10-11-12-13-17-20-18-14-16-19(20)15-6-4-2/h19H,3-18H2,1-2H3. The van der Waals surface area contributed by atoms with Crippen molar-refractivity contribution < 1.29 is 0 Å². The van der Waals surface area contributed by atoms with Gasteiger partial charge >= 0.3 is 0 Å². The predicted octanol–water partition coefficient (Wildman–Crippen LogP) is 6.17. The Morgan fingerprint density at radius 1 is 0.750 bits per heavy atom. The van der Waals surface area contributed by atoms with Crippen LogP contribution in [0, 0.1) is 0 Å². The van der Waals surface area contributed by atoms with Crippen molar-refractivity contribution >= 4 is 0 Å². The minimum absolute atomic E-state index is 0.934. The third-order valence-electron chi connectivity index (χ3n) is 4.94. The summed E-state index contributed by atoms with van der Waals surface area (Å²) in [5, 5.41) is 0. The van der Waals surface area contributed by atoms with Gasteiger partial charge in [0.2, 0.25) is 0 Å². The lowest BCUT2D eigenvalue weighted by atomic mass is 10.1. The van der Waals surface area contributed by atoms with Gasteiger partial charge in [0, 0.05) is 6.04 Å².